The second-order valence-corrected chi connectivity index (χ2v) is 6.98. The molecule has 1 saturated carbocycles. The number of nitrogens with two attached hydrogens (primary N) is 2. The summed E-state index contributed by atoms with van der Waals surface area (Å²) in [5, 5.41) is 6.17. The summed E-state index contributed by atoms with van der Waals surface area (Å²) < 4.78 is 16.4. The van der Waals surface area contributed by atoms with Crippen LogP contribution in [0.2, 0.25) is 0 Å². The molecule has 0 radical (unpaired) electrons. The Morgan fingerprint density at radius 3 is 2.86 bits per heavy atom. The quantitative estimate of drug-likeness (QED) is 0.536. The molecule has 9 heteroatoms. The summed E-state index contributed by atoms with van der Waals surface area (Å²) in [7, 11) is 0. The maximum atomic E-state index is 14.6. The minimum Gasteiger partial charge on any atom is -0.365 e. The number of carbonyl (C=O) groups is 1. The molecule has 1 aliphatic rings. The lowest BCUT2D eigenvalue weighted by molar-refractivity contribution is 0.100. The molecule has 0 aromatic carbocycles. The van der Waals surface area contributed by atoms with Crippen LogP contribution in [0.1, 0.15) is 36.0 Å². The fourth-order valence-electron chi connectivity index (χ4n) is 3.56. The number of pyridine rings is 2. The molecule has 0 bridgehead atoms. The van der Waals surface area contributed by atoms with Crippen molar-refractivity contribution in [3.05, 3.63) is 48.2 Å². The number of rotatable bonds is 5. The van der Waals surface area contributed by atoms with Gasteiger partial charge < -0.3 is 26.5 Å². The monoisotopic (exact) mass is 383 g/mol. The van der Waals surface area contributed by atoms with Crippen LogP contribution in [-0.2, 0) is 0 Å². The van der Waals surface area contributed by atoms with Crippen LogP contribution in [0, 0.1) is 5.82 Å². The molecule has 4 rings (SSSR count). The topological polar surface area (TPSA) is 123 Å². The normalized spacial score (nSPS) is 19.5. The van der Waals surface area contributed by atoms with E-state index in [0.717, 1.165) is 31.7 Å². The van der Waals surface area contributed by atoms with E-state index in [1.165, 1.54) is 0 Å². The number of hydrogen-bond donors (Lipinski definition) is 4. The molecule has 1 amide bonds. The van der Waals surface area contributed by atoms with E-state index in [0.29, 0.717) is 11.3 Å². The summed E-state index contributed by atoms with van der Waals surface area (Å²) in [5.74, 6) is -1.21. The van der Waals surface area contributed by atoms with Crippen molar-refractivity contribution in [2.75, 3.05) is 10.6 Å². The molecule has 3 aromatic heterocycles. The van der Waals surface area contributed by atoms with Crippen LogP contribution in [0.15, 0.2) is 36.8 Å². The molecule has 1 aliphatic carbocycles. The Bertz CT molecular complexity index is 1020. The first-order valence-electron chi connectivity index (χ1n) is 9.24. The van der Waals surface area contributed by atoms with E-state index < -0.39 is 11.7 Å². The van der Waals surface area contributed by atoms with Gasteiger partial charge >= 0.3 is 0 Å². The molecule has 1 fully saturated rings. The fourth-order valence-corrected chi connectivity index (χ4v) is 3.56. The number of halogens is 1. The average molecular weight is 383 g/mol. The summed E-state index contributed by atoms with van der Waals surface area (Å²) in [4.78, 5) is 20.4. The third kappa shape index (κ3) is 3.48. The predicted molar refractivity (Wildman–Crippen MR) is 105 cm³/mol. The Kier molecular flexibility index (Phi) is 4.82. The van der Waals surface area contributed by atoms with Gasteiger partial charge in [-0.25, -0.2) is 14.4 Å². The van der Waals surface area contributed by atoms with Crippen LogP contribution < -0.4 is 22.1 Å². The second-order valence-electron chi connectivity index (χ2n) is 6.98. The smallest absolute Gasteiger partial charge is 0.252 e. The number of anilines is 3. The zero-order valence-electron chi connectivity index (χ0n) is 15.2. The van der Waals surface area contributed by atoms with Crippen molar-refractivity contribution in [1.82, 2.24) is 14.4 Å². The molecule has 146 valence electrons. The highest BCUT2D eigenvalue weighted by Crippen LogP contribution is 2.27. The summed E-state index contributed by atoms with van der Waals surface area (Å²) in [5.41, 5.74) is 12.8. The van der Waals surface area contributed by atoms with Gasteiger partial charge in [-0.15, -0.1) is 0 Å². The lowest BCUT2D eigenvalue weighted by Gasteiger charge is -2.30. The number of imidazole rings is 1. The van der Waals surface area contributed by atoms with Crippen LogP contribution in [-0.4, -0.2) is 32.4 Å². The number of primary amides is 1. The van der Waals surface area contributed by atoms with Gasteiger partial charge in [-0.2, -0.15) is 0 Å². The molecule has 0 unspecified atom stereocenters. The number of fused-ring (bicyclic) bond motifs is 1. The van der Waals surface area contributed by atoms with Gasteiger partial charge in [-0.3, -0.25) is 4.79 Å². The number of nitrogens with one attached hydrogen (secondary N) is 2. The maximum Gasteiger partial charge on any atom is 0.252 e. The number of amides is 1. The lowest BCUT2D eigenvalue weighted by Crippen LogP contribution is -2.43. The first-order valence-corrected chi connectivity index (χ1v) is 9.24. The molecule has 0 saturated heterocycles. The van der Waals surface area contributed by atoms with Crippen LogP contribution >= 0.6 is 0 Å². The highest BCUT2D eigenvalue weighted by Gasteiger charge is 2.24. The Morgan fingerprint density at radius 2 is 2.07 bits per heavy atom. The first kappa shape index (κ1) is 18.2. The van der Waals surface area contributed by atoms with Gasteiger partial charge in [0.1, 0.15) is 5.82 Å². The summed E-state index contributed by atoms with van der Waals surface area (Å²) in [6, 6.07) is 4.58. The minimum absolute atomic E-state index is 0.0375. The van der Waals surface area contributed by atoms with Gasteiger partial charge in [0.2, 0.25) is 0 Å². The summed E-state index contributed by atoms with van der Waals surface area (Å²) in [6.45, 7) is 0. The predicted octanol–water partition coefficient (Wildman–Crippen LogP) is 2.39. The van der Waals surface area contributed by atoms with E-state index in [9.17, 15) is 9.18 Å². The molecule has 3 heterocycles. The standard InChI is InChI=1S/C19H22FN7O/c20-12-10-11(16(22)28)17(25-15-6-3-8-27-9-7-23-19(15)27)26-18(12)24-14-5-2-1-4-13(14)21/h3,6-10,13-14H,1-2,4-5,21H2,(H2,22,28)(H2,24,25,26)/t13-,14+/m0/s1. The number of hydrogen-bond acceptors (Lipinski definition) is 6. The van der Waals surface area contributed by atoms with Gasteiger partial charge in [0.05, 0.1) is 11.3 Å². The van der Waals surface area contributed by atoms with E-state index in [4.69, 9.17) is 11.5 Å². The molecule has 28 heavy (non-hydrogen) atoms. The van der Waals surface area contributed by atoms with Crippen molar-refractivity contribution < 1.29 is 9.18 Å². The van der Waals surface area contributed by atoms with Gasteiger partial charge in [0.15, 0.2) is 17.3 Å². The number of aromatic nitrogens is 3. The highest BCUT2D eigenvalue weighted by atomic mass is 19.1. The van der Waals surface area contributed by atoms with Crippen molar-refractivity contribution in [2.45, 2.75) is 37.8 Å². The third-order valence-electron chi connectivity index (χ3n) is 5.06. The van der Waals surface area contributed by atoms with Crippen molar-refractivity contribution in [1.29, 1.82) is 0 Å². The molecule has 0 aliphatic heterocycles. The molecular formula is C19H22FN7O. The van der Waals surface area contributed by atoms with E-state index in [-0.39, 0.29) is 29.3 Å². The van der Waals surface area contributed by atoms with E-state index >= 15 is 0 Å². The van der Waals surface area contributed by atoms with Crippen molar-refractivity contribution in [2.24, 2.45) is 11.5 Å². The fraction of sp³-hybridized carbons (Fsp3) is 0.316. The van der Waals surface area contributed by atoms with E-state index in [2.05, 4.69) is 20.6 Å². The van der Waals surface area contributed by atoms with Crippen LogP contribution in [0.4, 0.5) is 21.7 Å². The maximum absolute atomic E-state index is 14.6. The molecule has 2 atom stereocenters. The number of nitrogens with zero attached hydrogens (tertiary/aromatic N) is 3. The summed E-state index contributed by atoms with van der Waals surface area (Å²) in [6.07, 6.45) is 9.12. The molecule has 3 aromatic rings. The minimum atomic E-state index is -0.773. The van der Waals surface area contributed by atoms with Gasteiger partial charge in [-0.1, -0.05) is 12.8 Å². The average Bonchev–Trinajstić information content (AvgIpc) is 3.15. The molecule has 0 spiro atoms. The second kappa shape index (κ2) is 7.43. The third-order valence-corrected chi connectivity index (χ3v) is 5.06. The van der Waals surface area contributed by atoms with E-state index in [1.54, 1.807) is 18.5 Å². The highest BCUT2D eigenvalue weighted by molar-refractivity contribution is 5.99. The summed E-state index contributed by atoms with van der Waals surface area (Å²) >= 11 is 0. The number of carbonyl (C=O) groups excluding carboxylic acids is 1. The van der Waals surface area contributed by atoms with Gasteiger partial charge in [0.25, 0.3) is 5.91 Å². The lowest BCUT2D eigenvalue weighted by atomic mass is 9.91. The Hall–Kier alpha value is -3.20. The largest absolute Gasteiger partial charge is 0.365 e. The van der Waals surface area contributed by atoms with Crippen molar-refractivity contribution in [3.8, 4) is 0 Å². The van der Waals surface area contributed by atoms with Crippen LogP contribution in [0.5, 0.6) is 0 Å². The van der Waals surface area contributed by atoms with Crippen LogP contribution in [0.3, 0.4) is 0 Å². The zero-order chi connectivity index (χ0) is 19.7. The van der Waals surface area contributed by atoms with Crippen LogP contribution in [0.25, 0.3) is 5.65 Å². The Balaban J connectivity index is 1.70. The van der Waals surface area contributed by atoms with Crippen molar-refractivity contribution in [3.63, 3.8) is 0 Å². The first-order chi connectivity index (χ1) is 13.5. The zero-order valence-corrected chi connectivity index (χ0v) is 15.2. The molecular weight excluding hydrogens is 361 g/mol. The molecule has 8 nitrogen and oxygen atoms in total. The van der Waals surface area contributed by atoms with E-state index in [1.807, 2.05) is 16.7 Å². The van der Waals surface area contributed by atoms with Gasteiger partial charge in [-0.05, 0) is 31.0 Å². The SMILES string of the molecule is NC(=O)c1cc(F)c(N[C@@H]2CCCC[C@@H]2N)nc1Nc1cccn2ccnc12. The Labute approximate surface area is 161 Å². The Morgan fingerprint density at radius 1 is 1.25 bits per heavy atom. The van der Waals surface area contributed by atoms with Crippen molar-refractivity contribution >= 4 is 28.9 Å². The van der Waals surface area contributed by atoms with Gasteiger partial charge in [0, 0.05) is 30.7 Å². The molecule has 6 N–H and O–H groups in total.